The maximum atomic E-state index is 13.8. The summed E-state index contributed by atoms with van der Waals surface area (Å²) in [4.78, 5) is 25.6. The van der Waals surface area contributed by atoms with Crippen LogP contribution >= 0.6 is 0 Å². The summed E-state index contributed by atoms with van der Waals surface area (Å²) in [5.41, 5.74) is 2.25. The standard InChI is InChI=1S/C42H53F3O7/c1-3-5-7-9-10-11-12-14-29-48-35-23-19-32(20-24-35)31-15-17-33(18-16-31)40(46)50-36-25-21-34(22-26-36)41(47)51-37-27-28-38(49-30-13-8-6-4-2)52-39(37)42(43,44)45/h15-26,37-39H,3-14,27-30H2,1-2H3/t37-,38+,39-/m1/s1. The van der Waals surface area contributed by atoms with Crippen LogP contribution in [0.5, 0.6) is 11.5 Å². The molecule has 0 unspecified atom stereocenters. The van der Waals surface area contributed by atoms with Gasteiger partial charge in [-0.05, 0) is 78.9 Å². The number of benzene rings is 3. The second-order valence-electron chi connectivity index (χ2n) is 13.3. The second kappa shape index (κ2) is 21.6. The zero-order valence-corrected chi connectivity index (χ0v) is 30.5. The Balaban J connectivity index is 1.21. The minimum atomic E-state index is -4.74. The number of esters is 2. The predicted octanol–water partition coefficient (Wildman–Crippen LogP) is 11.3. The highest BCUT2D eigenvalue weighted by atomic mass is 19.4. The van der Waals surface area contributed by atoms with Crippen molar-refractivity contribution in [1.29, 1.82) is 0 Å². The van der Waals surface area contributed by atoms with Crippen molar-refractivity contribution in [3.63, 3.8) is 0 Å². The molecule has 0 aromatic heterocycles. The van der Waals surface area contributed by atoms with Crippen LogP contribution in [0.2, 0.25) is 0 Å². The molecule has 1 heterocycles. The Bertz CT molecular complexity index is 1470. The number of ether oxygens (including phenoxy) is 5. The topological polar surface area (TPSA) is 80.3 Å². The molecule has 1 fully saturated rings. The van der Waals surface area contributed by atoms with E-state index in [-0.39, 0.29) is 24.2 Å². The Kier molecular flexibility index (Phi) is 17.0. The van der Waals surface area contributed by atoms with Crippen LogP contribution in [-0.4, -0.2) is 49.8 Å². The smallest absolute Gasteiger partial charge is 0.418 e. The molecule has 3 aromatic carbocycles. The molecule has 0 N–H and O–H groups in total. The van der Waals surface area contributed by atoms with Crippen LogP contribution in [0.1, 0.15) is 124 Å². The van der Waals surface area contributed by atoms with E-state index >= 15 is 0 Å². The third-order valence-electron chi connectivity index (χ3n) is 9.08. The third kappa shape index (κ3) is 13.6. The molecule has 0 aliphatic carbocycles. The molecule has 0 spiro atoms. The number of carbonyl (C=O) groups is 2. The van der Waals surface area contributed by atoms with Gasteiger partial charge in [-0.25, -0.2) is 9.59 Å². The van der Waals surface area contributed by atoms with Gasteiger partial charge in [0.1, 0.15) is 17.6 Å². The molecule has 1 saturated heterocycles. The van der Waals surface area contributed by atoms with Gasteiger partial charge in [-0.3, -0.25) is 0 Å². The molecule has 1 aliphatic rings. The van der Waals surface area contributed by atoms with Gasteiger partial charge in [0.2, 0.25) is 0 Å². The summed E-state index contributed by atoms with van der Waals surface area (Å²) in [6.45, 7) is 5.31. The van der Waals surface area contributed by atoms with E-state index in [4.69, 9.17) is 23.7 Å². The minimum Gasteiger partial charge on any atom is -0.494 e. The Hall–Kier alpha value is -3.89. The zero-order chi connectivity index (χ0) is 37.2. The van der Waals surface area contributed by atoms with E-state index in [1.165, 1.54) is 69.2 Å². The van der Waals surface area contributed by atoms with Gasteiger partial charge < -0.3 is 23.7 Å². The van der Waals surface area contributed by atoms with Crippen LogP contribution in [0.4, 0.5) is 13.2 Å². The van der Waals surface area contributed by atoms with E-state index in [1.54, 1.807) is 12.1 Å². The fourth-order valence-corrected chi connectivity index (χ4v) is 6.04. The lowest BCUT2D eigenvalue weighted by molar-refractivity contribution is -0.311. The summed E-state index contributed by atoms with van der Waals surface area (Å²) < 4.78 is 68.8. The summed E-state index contributed by atoms with van der Waals surface area (Å²) in [5.74, 6) is -0.535. The van der Waals surface area contributed by atoms with Crippen LogP contribution in [0.25, 0.3) is 11.1 Å². The highest BCUT2D eigenvalue weighted by Gasteiger charge is 2.51. The molecular formula is C42H53F3O7. The summed E-state index contributed by atoms with van der Waals surface area (Å²) in [5, 5.41) is 0. The average molecular weight is 727 g/mol. The van der Waals surface area contributed by atoms with Crippen LogP contribution in [0.15, 0.2) is 72.8 Å². The molecule has 10 heteroatoms. The molecule has 0 saturated carbocycles. The zero-order valence-electron chi connectivity index (χ0n) is 30.5. The third-order valence-corrected chi connectivity index (χ3v) is 9.08. The van der Waals surface area contributed by atoms with Gasteiger partial charge in [0.15, 0.2) is 12.4 Å². The Morgan fingerprint density at radius 3 is 1.75 bits per heavy atom. The quantitative estimate of drug-likeness (QED) is 0.0614. The van der Waals surface area contributed by atoms with Crippen molar-refractivity contribution in [2.75, 3.05) is 13.2 Å². The number of halogens is 3. The summed E-state index contributed by atoms with van der Waals surface area (Å²) in [7, 11) is 0. The van der Waals surface area contributed by atoms with Crippen molar-refractivity contribution < 1.29 is 46.4 Å². The van der Waals surface area contributed by atoms with Crippen molar-refractivity contribution in [3.8, 4) is 22.6 Å². The van der Waals surface area contributed by atoms with Gasteiger partial charge >= 0.3 is 18.1 Å². The molecule has 0 radical (unpaired) electrons. The second-order valence-corrected chi connectivity index (χ2v) is 13.3. The summed E-state index contributed by atoms with van der Waals surface area (Å²) >= 11 is 0. The molecule has 4 rings (SSSR count). The molecular weight excluding hydrogens is 673 g/mol. The molecule has 7 nitrogen and oxygen atoms in total. The van der Waals surface area contributed by atoms with Gasteiger partial charge in [0, 0.05) is 13.0 Å². The lowest BCUT2D eigenvalue weighted by atomic mass is 10.0. The van der Waals surface area contributed by atoms with Gasteiger partial charge in [0.05, 0.1) is 17.7 Å². The first-order chi connectivity index (χ1) is 25.2. The van der Waals surface area contributed by atoms with Crippen molar-refractivity contribution in [2.45, 2.75) is 128 Å². The number of hydrogen-bond acceptors (Lipinski definition) is 7. The first kappa shape index (κ1) is 40.9. The van der Waals surface area contributed by atoms with Crippen LogP contribution in [0.3, 0.4) is 0 Å². The van der Waals surface area contributed by atoms with E-state index in [9.17, 15) is 22.8 Å². The molecule has 3 aromatic rings. The number of rotatable bonds is 21. The highest BCUT2D eigenvalue weighted by molar-refractivity contribution is 5.92. The van der Waals surface area contributed by atoms with E-state index < -0.39 is 36.6 Å². The lowest BCUT2D eigenvalue weighted by Gasteiger charge is -2.36. The van der Waals surface area contributed by atoms with Gasteiger partial charge in [-0.15, -0.1) is 0 Å². The molecule has 284 valence electrons. The van der Waals surface area contributed by atoms with E-state index in [0.29, 0.717) is 18.8 Å². The largest absolute Gasteiger partial charge is 0.494 e. The van der Waals surface area contributed by atoms with Gasteiger partial charge in [-0.2, -0.15) is 13.2 Å². The van der Waals surface area contributed by atoms with Crippen molar-refractivity contribution in [2.24, 2.45) is 0 Å². The van der Waals surface area contributed by atoms with Gasteiger partial charge in [0.25, 0.3) is 0 Å². The predicted molar refractivity (Wildman–Crippen MR) is 195 cm³/mol. The average Bonchev–Trinajstić information content (AvgIpc) is 3.14. The fourth-order valence-electron chi connectivity index (χ4n) is 6.04. The van der Waals surface area contributed by atoms with Gasteiger partial charge in [-0.1, -0.05) is 102 Å². The monoisotopic (exact) mass is 726 g/mol. The van der Waals surface area contributed by atoms with Crippen molar-refractivity contribution >= 4 is 11.9 Å². The SMILES string of the molecule is CCCCCCCCCCOc1ccc(-c2ccc(C(=O)Oc3ccc(C(=O)O[C@@H]4CC[C@@H](OCCCCCC)O[C@H]4C(F)(F)F)cc3)cc2)cc1. The molecule has 52 heavy (non-hydrogen) atoms. The Morgan fingerprint density at radius 1 is 0.635 bits per heavy atom. The summed E-state index contributed by atoms with van der Waals surface area (Å²) in [6, 6.07) is 20.3. The van der Waals surface area contributed by atoms with Crippen LogP contribution < -0.4 is 9.47 Å². The maximum Gasteiger partial charge on any atom is 0.418 e. The fraction of sp³-hybridized carbons (Fsp3) is 0.524. The molecule has 1 aliphatic heterocycles. The van der Waals surface area contributed by atoms with E-state index in [0.717, 1.165) is 49.0 Å². The molecule has 3 atom stereocenters. The van der Waals surface area contributed by atoms with E-state index in [2.05, 4.69) is 13.8 Å². The normalized spacial score (nSPS) is 17.4. The summed E-state index contributed by atoms with van der Waals surface area (Å²) in [6.07, 6.45) is 4.35. The first-order valence-electron chi connectivity index (χ1n) is 18.9. The highest BCUT2D eigenvalue weighted by Crippen LogP contribution is 2.35. The Labute approximate surface area is 306 Å². The molecule has 0 amide bonds. The maximum absolute atomic E-state index is 13.8. The number of hydrogen-bond donors (Lipinski definition) is 0. The Morgan fingerprint density at radius 2 is 1.13 bits per heavy atom. The minimum absolute atomic E-state index is 0.0176. The first-order valence-corrected chi connectivity index (χ1v) is 18.9. The molecule has 0 bridgehead atoms. The lowest BCUT2D eigenvalue weighted by Crippen LogP contribution is -2.50. The van der Waals surface area contributed by atoms with Crippen molar-refractivity contribution in [1.82, 2.24) is 0 Å². The number of unbranched alkanes of at least 4 members (excludes halogenated alkanes) is 10. The van der Waals surface area contributed by atoms with E-state index in [1.807, 2.05) is 36.4 Å². The van der Waals surface area contributed by atoms with Crippen LogP contribution in [-0.2, 0) is 14.2 Å². The van der Waals surface area contributed by atoms with Crippen LogP contribution in [0, 0.1) is 0 Å². The number of carbonyl (C=O) groups excluding carboxylic acids is 2. The van der Waals surface area contributed by atoms with Crippen molar-refractivity contribution in [3.05, 3.63) is 83.9 Å². The number of alkyl halides is 3.